The predicted molar refractivity (Wildman–Crippen MR) is 83.2 cm³/mol. The summed E-state index contributed by atoms with van der Waals surface area (Å²) in [6.45, 7) is 6.58. The van der Waals surface area contributed by atoms with E-state index in [1.54, 1.807) is 13.1 Å². The second kappa shape index (κ2) is 8.32. The minimum absolute atomic E-state index is 0.0933. The van der Waals surface area contributed by atoms with Crippen molar-refractivity contribution in [2.45, 2.75) is 45.8 Å². The molecular weight excluding hydrogens is 266 g/mol. The van der Waals surface area contributed by atoms with E-state index in [1.165, 1.54) is 38.8 Å². The maximum absolute atomic E-state index is 10.1. The summed E-state index contributed by atoms with van der Waals surface area (Å²) in [5, 5.41) is 22.8. The maximum atomic E-state index is 10.1. The number of aliphatic hydroxyl groups is 1. The van der Waals surface area contributed by atoms with Crippen molar-refractivity contribution in [3.8, 4) is 5.75 Å². The highest BCUT2D eigenvalue weighted by molar-refractivity contribution is 5.40. The number of nitrogens with zero attached hydrogens (tertiary/aromatic N) is 2. The van der Waals surface area contributed by atoms with Crippen molar-refractivity contribution in [1.82, 2.24) is 15.2 Å². The molecule has 0 saturated carbocycles. The number of hydrogen-bond acceptors (Lipinski definition) is 5. The molecule has 1 fully saturated rings. The van der Waals surface area contributed by atoms with Gasteiger partial charge in [0.1, 0.15) is 5.75 Å². The Labute approximate surface area is 127 Å². The highest BCUT2D eigenvalue weighted by atomic mass is 16.3. The summed E-state index contributed by atoms with van der Waals surface area (Å²) in [5.74, 6) is 0.198. The first-order valence-corrected chi connectivity index (χ1v) is 7.92. The van der Waals surface area contributed by atoms with E-state index in [0.717, 1.165) is 18.7 Å². The summed E-state index contributed by atoms with van der Waals surface area (Å²) in [5.41, 5.74) is 2.07. The molecular formula is C16H27N3O2. The third-order valence-electron chi connectivity index (χ3n) is 4.21. The minimum atomic E-state index is -0.0933. The highest BCUT2D eigenvalue weighted by Crippen LogP contribution is 2.23. The van der Waals surface area contributed by atoms with Crippen LogP contribution < -0.4 is 5.32 Å². The number of aliphatic hydroxyl groups excluding tert-OH is 1. The largest absolute Gasteiger partial charge is 0.506 e. The highest BCUT2D eigenvalue weighted by Gasteiger charge is 2.12. The van der Waals surface area contributed by atoms with Gasteiger partial charge in [0.15, 0.2) is 0 Å². The third-order valence-corrected chi connectivity index (χ3v) is 4.21. The molecule has 0 bridgehead atoms. The summed E-state index contributed by atoms with van der Waals surface area (Å²) in [6, 6.07) is 0. The number of aromatic hydroxyl groups is 1. The second-order valence-electron chi connectivity index (χ2n) is 5.79. The molecule has 2 rings (SSSR count). The molecule has 1 aliphatic rings. The fourth-order valence-electron chi connectivity index (χ4n) is 2.83. The molecule has 0 radical (unpaired) electrons. The van der Waals surface area contributed by atoms with E-state index in [9.17, 15) is 10.2 Å². The SMILES string of the molecule is Cc1ncc(CO)c(CNCCN2CCCCCC2)c1O. The molecule has 0 atom stereocenters. The lowest BCUT2D eigenvalue weighted by molar-refractivity contribution is 0.276. The molecule has 0 spiro atoms. The molecule has 1 saturated heterocycles. The monoisotopic (exact) mass is 293 g/mol. The Morgan fingerprint density at radius 1 is 1.24 bits per heavy atom. The van der Waals surface area contributed by atoms with Crippen LogP contribution in [0.3, 0.4) is 0 Å². The first kappa shape index (κ1) is 16.2. The van der Waals surface area contributed by atoms with Gasteiger partial charge in [-0.25, -0.2) is 0 Å². The molecule has 1 aromatic heterocycles. The quantitative estimate of drug-likeness (QED) is 0.694. The van der Waals surface area contributed by atoms with Crippen LogP contribution in [0, 0.1) is 6.92 Å². The van der Waals surface area contributed by atoms with Gasteiger partial charge in [0, 0.05) is 37.0 Å². The molecule has 5 nitrogen and oxygen atoms in total. The van der Waals surface area contributed by atoms with E-state index < -0.39 is 0 Å². The van der Waals surface area contributed by atoms with Crippen LogP contribution in [0.1, 0.15) is 42.5 Å². The number of aryl methyl sites for hydroxylation is 1. The fourth-order valence-corrected chi connectivity index (χ4v) is 2.83. The van der Waals surface area contributed by atoms with Crippen LogP contribution in [0.2, 0.25) is 0 Å². The Morgan fingerprint density at radius 3 is 2.62 bits per heavy atom. The molecule has 0 amide bonds. The molecule has 21 heavy (non-hydrogen) atoms. The molecule has 3 N–H and O–H groups in total. The van der Waals surface area contributed by atoms with Crippen LogP contribution in [-0.4, -0.2) is 46.3 Å². The number of likely N-dealkylation sites (tertiary alicyclic amines) is 1. The fraction of sp³-hybridized carbons (Fsp3) is 0.688. The smallest absolute Gasteiger partial charge is 0.141 e. The van der Waals surface area contributed by atoms with Crippen LogP contribution in [0.15, 0.2) is 6.20 Å². The standard InChI is InChI=1S/C16H27N3O2/c1-13-16(21)15(14(12-20)10-18-13)11-17-6-9-19-7-4-2-3-5-8-19/h10,17,20-21H,2-9,11-12H2,1H3. The predicted octanol–water partition coefficient (Wildman–Crippen LogP) is 1.55. The van der Waals surface area contributed by atoms with Crippen molar-refractivity contribution in [3.05, 3.63) is 23.0 Å². The van der Waals surface area contributed by atoms with E-state index in [-0.39, 0.29) is 12.4 Å². The number of hydrogen-bond donors (Lipinski definition) is 3. The number of aromatic nitrogens is 1. The first-order valence-electron chi connectivity index (χ1n) is 7.92. The van der Waals surface area contributed by atoms with Crippen LogP contribution >= 0.6 is 0 Å². The van der Waals surface area contributed by atoms with Crippen LogP contribution in [0.5, 0.6) is 5.75 Å². The van der Waals surface area contributed by atoms with E-state index in [0.29, 0.717) is 17.8 Å². The lowest BCUT2D eigenvalue weighted by Crippen LogP contribution is -2.32. The maximum Gasteiger partial charge on any atom is 0.141 e. The van der Waals surface area contributed by atoms with Crippen LogP contribution in [-0.2, 0) is 13.2 Å². The van der Waals surface area contributed by atoms with Gasteiger partial charge in [-0.3, -0.25) is 4.98 Å². The number of rotatable bonds is 6. The van der Waals surface area contributed by atoms with Crippen molar-refractivity contribution < 1.29 is 10.2 Å². The number of nitrogens with one attached hydrogen (secondary N) is 1. The third kappa shape index (κ3) is 4.66. The summed E-state index contributed by atoms with van der Waals surface area (Å²) < 4.78 is 0. The Morgan fingerprint density at radius 2 is 1.95 bits per heavy atom. The first-order chi connectivity index (χ1) is 10.2. The lowest BCUT2D eigenvalue weighted by Gasteiger charge is -2.20. The molecule has 0 aliphatic carbocycles. The lowest BCUT2D eigenvalue weighted by atomic mass is 10.1. The van der Waals surface area contributed by atoms with Gasteiger partial charge in [-0.1, -0.05) is 12.8 Å². The van der Waals surface area contributed by atoms with Gasteiger partial charge in [-0.2, -0.15) is 0 Å². The van der Waals surface area contributed by atoms with Crippen molar-refractivity contribution in [1.29, 1.82) is 0 Å². The summed E-state index contributed by atoms with van der Waals surface area (Å²) in [6.07, 6.45) is 6.96. The van der Waals surface area contributed by atoms with Gasteiger partial charge in [0.2, 0.25) is 0 Å². The van der Waals surface area contributed by atoms with Gasteiger partial charge < -0.3 is 20.4 Å². The van der Waals surface area contributed by atoms with Crippen molar-refractivity contribution in [2.24, 2.45) is 0 Å². The molecule has 1 aliphatic heterocycles. The van der Waals surface area contributed by atoms with Gasteiger partial charge in [-0.05, 0) is 32.9 Å². The summed E-state index contributed by atoms with van der Waals surface area (Å²) in [7, 11) is 0. The van der Waals surface area contributed by atoms with Crippen molar-refractivity contribution >= 4 is 0 Å². The average molecular weight is 293 g/mol. The number of pyridine rings is 1. The minimum Gasteiger partial charge on any atom is -0.506 e. The molecule has 5 heteroatoms. The second-order valence-corrected chi connectivity index (χ2v) is 5.79. The molecule has 2 heterocycles. The zero-order valence-electron chi connectivity index (χ0n) is 12.9. The molecule has 118 valence electrons. The van der Waals surface area contributed by atoms with Crippen LogP contribution in [0.4, 0.5) is 0 Å². The van der Waals surface area contributed by atoms with Crippen molar-refractivity contribution in [3.63, 3.8) is 0 Å². The van der Waals surface area contributed by atoms with Gasteiger partial charge >= 0.3 is 0 Å². The van der Waals surface area contributed by atoms with E-state index in [2.05, 4.69) is 15.2 Å². The van der Waals surface area contributed by atoms with Gasteiger partial charge in [0.05, 0.1) is 12.3 Å². The molecule has 0 unspecified atom stereocenters. The van der Waals surface area contributed by atoms with Gasteiger partial charge in [0.25, 0.3) is 0 Å². The summed E-state index contributed by atoms with van der Waals surface area (Å²) in [4.78, 5) is 6.58. The molecule has 1 aromatic rings. The Balaban J connectivity index is 1.81. The van der Waals surface area contributed by atoms with Crippen molar-refractivity contribution in [2.75, 3.05) is 26.2 Å². The van der Waals surface area contributed by atoms with Gasteiger partial charge in [-0.15, -0.1) is 0 Å². The Hall–Kier alpha value is -1.17. The Bertz CT molecular complexity index is 443. The summed E-state index contributed by atoms with van der Waals surface area (Å²) >= 11 is 0. The van der Waals surface area contributed by atoms with E-state index >= 15 is 0 Å². The zero-order chi connectivity index (χ0) is 15.1. The molecule has 0 aromatic carbocycles. The topological polar surface area (TPSA) is 68.6 Å². The van der Waals surface area contributed by atoms with Crippen LogP contribution in [0.25, 0.3) is 0 Å². The average Bonchev–Trinajstić information content (AvgIpc) is 2.76. The zero-order valence-corrected chi connectivity index (χ0v) is 12.9. The Kier molecular flexibility index (Phi) is 6.42. The van der Waals surface area contributed by atoms with E-state index in [4.69, 9.17) is 0 Å². The van der Waals surface area contributed by atoms with E-state index in [1.807, 2.05) is 0 Å². The normalized spacial score (nSPS) is 16.9.